The minimum absolute atomic E-state index is 0. The van der Waals surface area contributed by atoms with Gasteiger partial charge < -0.3 is 15.5 Å². The third-order valence-electron chi connectivity index (χ3n) is 4.76. The fourth-order valence-electron chi connectivity index (χ4n) is 3.37. The van der Waals surface area contributed by atoms with E-state index in [0.29, 0.717) is 12.3 Å². The molecule has 1 aliphatic rings. The molecule has 4 N–H and O–H groups in total. The fraction of sp³-hybridized carbons (Fsp3) is 0.391. The van der Waals surface area contributed by atoms with Crippen molar-refractivity contribution in [2.45, 2.75) is 46.1 Å². The highest BCUT2D eigenvalue weighted by molar-refractivity contribution is 6.04. The van der Waals surface area contributed by atoms with Gasteiger partial charge in [-0.3, -0.25) is 15.0 Å². The number of nitrogens with one attached hydrogen (secondary N) is 2. The van der Waals surface area contributed by atoms with Crippen molar-refractivity contribution in [2.75, 3.05) is 23.4 Å². The molecule has 1 heterocycles. The number of anilines is 3. The molecule has 2 aromatic carbocycles. The fourth-order valence-corrected chi connectivity index (χ4v) is 3.37. The Balaban J connectivity index is 0.00000240. The smallest absolute Gasteiger partial charge is 0.411 e. The second-order valence-electron chi connectivity index (χ2n) is 8.15. The van der Waals surface area contributed by atoms with E-state index in [-0.39, 0.29) is 35.9 Å². The summed E-state index contributed by atoms with van der Waals surface area (Å²) in [6.07, 6.45) is 1.17. The number of hydrogen-bond donors (Lipinski definition) is 2. The molecule has 2 aromatic rings. The monoisotopic (exact) mass is 449 g/mol. The van der Waals surface area contributed by atoms with E-state index < -0.39 is 6.09 Å². The lowest BCUT2D eigenvalue weighted by molar-refractivity contribution is -0.117. The first kappa shape index (κ1) is 26.4. The van der Waals surface area contributed by atoms with Gasteiger partial charge in [-0.1, -0.05) is 24.3 Å². The van der Waals surface area contributed by atoms with Gasteiger partial charge in [-0.05, 0) is 69.9 Å². The van der Waals surface area contributed by atoms with E-state index in [1.54, 1.807) is 11.8 Å². The Hall–Kier alpha value is -2.61. The van der Waals surface area contributed by atoms with Crippen LogP contribution < -0.4 is 15.5 Å². The van der Waals surface area contributed by atoms with Gasteiger partial charge in [-0.25, -0.2) is 4.79 Å². The number of rotatable bonds is 4. The summed E-state index contributed by atoms with van der Waals surface area (Å²) in [5.74, 6) is -0.0381. The number of hydrogen-bond acceptors (Lipinski definition) is 4. The summed E-state index contributed by atoms with van der Waals surface area (Å²) < 4.78 is 4.98. The standard InChI is InChI=1S/C23H29N3O3.ClH.H2O/c1-5-29-22(28)25-18-13-12-17-11-10-16-8-6-7-9-19(16)26(20(17)14-18)21(27)15-24-23(2,3)4;;/h6-9,12-14,24H,5,10-11,15H2,1-4H3,(H,25,28);1H;1H2. The molecule has 0 aliphatic carbocycles. The predicted octanol–water partition coefficient (Wildman–Crippen LogP) is 4.00. The molecular weight excluding hydrogens is 418 g/mol. The Morgan fingerprint density at radius 1 is 1.03 bits per heavy atom. The number of carbonyl (C=O) groups is 2. The van der Waals surface area contributed by atoms with Crippen LogP contribution in [0, 0.1) is 0 Å². The summed E-state index contributed by atoms with van der Waals surface area (Å²) >= 11 is 0. The number of fused-ring (bicyclic) bond motifs is 2. The number of carbonyl (C=O) groups excluding carboxylic acids is 2. The van der Waals surface area contributed by atoms with Gasteiger partial charge in [0.15, 0.2) is 0 Å². The summed E-state index contributed by atoms with van der Waals surface area (Å²) in [7, 11) is 0. The van der Waals surface area contributed by atoms with E-state index in [0.717, 1.165) is 35.3 Å². The van der Waals surface area contributed by atoms with Crippen molar-refractivity contribution in [2.24, 2.45) is 0 Å². The zero-order valence-corrected chi connectivity index (χ0v) is 19.3. The minimum atomic E-state index is -0.506. The molecule has 0 aromatic heterocycles. The average molecular weight is 450 g/mol. The van der Waals surface area contributed by atoms with Crippen LogP contribution in [-0.4, -0.2) is 36.2 Å². The van der Waals surface area contributed by atoms with E-state index in [1.165, 1.54) is 0 Å². The maximum Gasteiger partial charge on any atom is 0.411 e. The van der Waals surface area contributed by atoms with Crippen molar-refractivity contribution in [3.05, 3.63) is 53.6 Å². The highest BCUT2D eigenvalue weighted by Gasteiger charge is 2.27. The molecule has 0 radical (unpaired) electrons. The molecule has 2 amide bonds. The lowest BCUT2D eigenvalue weighted by Crippen LogP contribution is -2.43. The first-order valence-electron chi connectivity index (χ1n) is 10.0. The quantitative estimate of drug-likeness (QED) is 0.736. The Morgan fingerprint density at radius 3 is 2.32 bits per heavy atom. The number of benzene rings is 2. The number of amides is 2. The van der Waals surface area contributed by atoms with Crippen LogP contribution in [0.3, 0.4) is 0 Å². The summed E-state index contributed by atoms with van der Waals surface area (Å²) in [6, 6.07) is 13.7. The van der Waals surface area contributed by atoms with Crippen molar-refractivity contribution < 1.29 is 19.8 Å². The van der Waals surface area contributed by atoms with Gasteiger partial charge in [0.25, 0.3) is 0 Å². The van der Waals surface area contributed by atoms with Crippen molar-refractivity contribution in [1.29, 1.82) is 0 Å². The third kappa shape index (κ3) is 6.69. The summed E-state index contributed by atoms with van der Waals surface area (Å²) in [5.41, 5.74) is 4.32. The van der Waals surface area contributed by atoms with Crippen molar-refractivity contribution in [1.82, 2.24) is 5.32 Å². The Bertz CT molecular complexity index is 912. The number of nitrogens with zero attached hydrogens (tertiary/aromatic N) is 1. The van der Waals surface area contributed by atoms with Crippen LogP contribution in [0.1, 0.15) is 38.8 Å². The highest BCUT2D eigenvalue weighted by Crippen LogP contribution is 2.37. The molecule has 7 nitrogen and oxygen atoms in total. The second-order valence-corrected chi connectivity index (χ2v) is 8.15. The van der Waals surface area contributed by atoms with Crippen molar-refractivity contribution in [3.8, 4) is 0 Å². The van der Waals surface area contributed by atoms with Gasteiger partial charge in [-0.2, -0.15) is 0 Å². The average Bonchev–Trinajstić information content (AvgIpc) is 2.82. The van der Waals surface area contributed by atoms with Crippen LogP contribution in [0.15, 0.2) is 42.5 Å². The third-order valence-corrected chi connectivity index (χ3v) is 4.76. The zero-order chi connectivity index (χ0) is 21.0. The van der Waals surface area contributed by atoms with Crippen LogP contribution in [-0.2, 0) is 22.4 Å². The summed E-state index contributed by atoms with van der Waals surface area (Å²) in [5, 5.41) is 6.02. The molecule has 0 bridgehead atoms. The van der Waals surface area contributed by atoms with E-state index in [1.807, 2.05) is 57.2 Å². The topological polar surface area (TPSA) is 102 Å². The molecule has 31 heavy (non-hydrogen) atoms. The maximum atomic E-state index is 13.3. The molecule has 0 saturated carbocycles. The molecule has 170 valence electrons. The first-order valence-corrected chi connectivity index (χ1v) is 10.0. The maximum absolute atomic E-state index is 13.3. The Kier molecular flexibility index (Phi) is 9.49. The highest BCUT2D eigenvalue weighted by atomic mass is 35.5. The first-order chi connectivity index (χ1) is 13.8. The molecule has 0 saturated heterocycles. The van der Waals surface area contributed by atoms with Gasteiger partial charge in [0.1, 0.15) is 0 Å². The SMILES string of the molecule is CCOC(=O)Nc1ccc2c(c1)N(C(=O)CNC(C)(C)C)c1ccccc1CC2.Cl.O. The molecule has 8 heteroatoms. The summed E-state index contributed by atoms with van der Waals surface area (Å²) in [4.78, 5) is 26.9. The molecule has 0 fully saturated rings. The zero-order valence-electron chi connectivity index (χ0n) is 18.5. The van der Waals surface area contributed by atoms with Crippen molar-refractivity contribution >= 4 is 41.5 Å². The molecule has 3 rings (SSSR count). The predicted molar refractivity (Wildman–Crippen MR) is 127 cm³/mol. The number of para-hydroxylation sites is 1. The van der Waals surface area contributed by atoms with E-state index >= 15 is 0 Å². The molecule has 0 spiro atoms. The van der Waals surface area contributed by atoms with Gasteiger partial charge in [0, 0.05) is 11.2 Å². The Labute approximate surface area is 189 Å². The van der Waals surface area contributed by atoms with Crippen LogP contribution in [0.4, 0.5) is 21.9 Å². The Morgan fingerprint density at radius 2 is 1.68 bits per heavy atom. The van der Waals surface area contributed by atoms with E-state index in [2.05, 4.69) is 16.7 Å². The van der Waals surface area contributed by atoms with Gasteiger partial charge >= 0.3 is 6.09 Å². The molecular formula is C23H32ClN3O4. The molecule has 1 aliphatic heterocycles. The van der Waals surface area contributed by atoms with Crippen molar-refractivity contribution in [3.63, 3.8) is 0 Å². The number of ether oxygens (including phenoxy) is 1. The van der Waals surface area contributed by atoms with E-state index in [9.17, 15) is 9.59 Å². The van der Waals surface area contributed by atoms with Crippen LogP contribution in [0.2, 0.25) is 0 Å². The molecule has 0 atom stereocenters. The number of halogens is 1. The van der Waals surface area contributed by atoms with Crippen LogP contribution in [0.5, 0.6) is 0 Å². The van der Waals surface area contributed by atoms with Gasteiger partial charge in [0.2, 0.25) is 5.91 Å². The van der Waals surface area contributed by atoms with Crippen LogP contribution in [0.25, 0.3) is 0 Å². The molecule has 0 unspecified atom stereocenters. The number of aryl methyl sites for hydroxylation is 2. The lowest BCUT2D eigenvalue weighted by Gasteiger charge is -2.28. The van der Waals surface area contributed by atoms with E-state index in [4.69, 9.17) is 4.74 Å². The normalized spacial score (nSPS) is 12.3. The second kappa shape index (κ2) is 11.1. The van der Waals surface area contributed by atoms with Gasteiger partial charge in [0.05, 0.1) is 24.5 Å². The lowest BCUT2D eigenvalue weighted by atomic mass is 10.0. The largest absolute Gasteiger partial charge is 0.450 e. The van der Waals surface area contributed by atoms with Gasteiger partial charge in [-0.15, -0.1) is 12.4 Å². The van der Waals surface area contributed by atoms with Crippen LogP contribution >= 0.6 is 12.4 Å². The minimum Gasteiger partial charge on any atom is -0.450 e. The summed E-state index contributed by atoms with van der Waals surface area (Å²) in [6.45, 7) is 8.38.